The van der Waals surface area contributed by atoms with Crippen molar-refractivity contribution < 1.29 is 19.2 Å². The van der Waals surface area contributed by atoms with Crippen molar-refractivity contribution >= 4 is 29.1 Å². The van der Waals surface area contributed by atoms with E-state index in [1.165, 1.54) is 0 Å². The number of carbonyl (C=O) groups excluding carboxylic acids is 4. The van der Waals surface area contributed by atoms with E-state index in [2.05, 4.69) is 5.32 Å². The third-order valence-electron chi connectivity index (χ3n) is 5.96. The Kier molecular flexibility index (Phi) is 3.10. The predicted octanol–water partition coefficient (Wildman–Crippen LogP) is 1.60. The van der Waals surface area contributed by atoms with E-state index in [4.69, 9.17) is 0 Å². The fourth-order valence-electron chi connectivity index (χ4n) is 4.84. The molecule has 0 bridgehead atoms. The second-order valence-electron chi connectivity index (χ2n) is 7.30. The molecule has 2 fully saturated rings. The third-order valence-corrected chi connectivity index (χ3v) is 5.96. The first-order valence-corrected chi connectivity index (χ1v) is 8.87. The summed E-state index contributed by atoms with van der Waals surface area (Å²) in [7, 11) is 0. The van der Waals surface area contributed by atoms with Crippen molar-refractivity contribution in [3.63, 3.8) is 0 Å². The zero-order chi connectivity index (χ0) is 18.9. The first kappa shape index (κ1) is 16.1. The van der Waals surface area contributed by atoms with Gasteiger partial charge in [0.05, 0.1) is 17.5 Å². The minimum atomic E-state index is -1.69. The van der Waals surface area contributed by atoms with E-state index < -0.39 is 40.9 Å². The van der Waals surface area contributed by atoms with Gasteiger partial charge in [0, 0.05) is 17.2 Å². The SMILES string of the molecule is C[C@@H]1NC2(C(=O)c3ccccc3C2=O)[C@@H]2C(=O)N(c3ccccc3)C(=O)[C@@H]12. The van der Waals surface area contributed by atoms with E-state index >= 15 is 0 Å². The molecule has 6 heteroatoms. The minimum absolute atomic E-state index is 0.307. The van der Waals surface area contributed by atoms with Crippen molar-refractivity contribution in [2.45, 2.75) is 18.5 Å². The maximum Gasteiger partial charge on any atom is 0.240 e. The average Bonchev–Trinajstić information content (AvgIpc) is 3.22. The van der Waals surface area contributed by atoms with Gasteiger partial charge in [-0.2, -0.15) is 0 Å². The Morgan fingerprint density at radius 1 is 0.815 bits per heavy atom. The molecule has 134 valence electrons. The Labute approximate surface area is 155 Å². The topological polar surface area (TPSA) is 83.6 Å². The van der Waals surface area contributed by atoms with Crippen LogP contribution in [0.15, 0.2) is 54.6 Å². The summed E-state index contributed by atoms with van der Waals surface area (Å²) >= 11 is 0. The molecule has 0 unspecified atom stereocenters. The molecule has 2 aromatic rings. The van der Waals surface area contributed by atoms with Crippen LogP contribution in [0, 0.1) is 11.8 Å². The highest BCUT2D eigenvalue weighted by atomic mass is 16.2. The number of benzene rings is 2. The minimum Gasteiger partial charge on any atom is -0.294 e. The molecule has 6 nitrogen and oxygen atoms in total. The highest BCUT2D eigenvalue weighted by molar-refractivity contribution is 6.37. The highest BCUT2D eigenvalue weighted by Gasteiger charge is 2.72. The number of anilines is 1. The van der Waals surface area contributed by atoms with Gasteiger partial charge in [-0.05, 0) is 19.1 Å². The van der Waals surface area contributed by atoms with Gasteiger partial charge in [-0.15, -0.1) is 0 Å². The van der Waals surface area contributed by atoms with Crippen LogP contribution in [0.1, 0.15) is 27.6 Å². The van der Waals surface area contributed by atoms with Crippen molar-refractivity contribution in [2.24, 2.45) is 11.8 Å². The number of imide groups is 1. The number of para-hydroxylation sites is 1. The van der Waals surface area contributed by atoms with Crippen molar-refractivity contribution in [2.75, 3.05) is 4.90 Å². The van der Waals surface area contributed by atoms with E-state index in [9.17, 15) is 19.2 Å². The van der Waals surface area contributed by atoms with Gasteiger partial charge >= 0.3 is 0 Å². The van der Waals surface area contributed by atoms with Crippen LogP contribution in [0.5, 0.6) is 0 Å². The van der Waals surface area contributed by atoms with Crippen molar-refractivity contribution in [3.8, 4) is 0 Å². The molecule has 1 N–H and O–H groups in total. The summed E-state index contributed by atoms with van der Waals surface area (Å²) in [5, 5.41) is 3.04. The molecule has 2 aromatic carbocycles. The van der Waals surface area contributed by atoms with Crippen LogP contribution < -0.4 is 10.2 Å². The number of Topliss-reactive ketones (excluding diaryl/α,β-unsaturated/α-hetero) is 2. The molecule has 0 saturated carbocycles. The largest absolute Gasteiger partial charge is 0.294 e. The lowest BCUT2D eigenvalue weighted by Crippen LogP contribution is -2.58. The smallest absolute Gasteiger partial charge is 0.240 e. The van der Waals surface area contributed by atoms with Crippen LogP contribution >= 0.6 is 0 Å². The number of carbonyl (C=O) groups is 4. The van der Waals surface area contributed by atoms with Crippen LogP contribution in [0.4, 0.5) is 5.69 Å². The third kappa shape index (κ3) is 1.78. The van der Waals surface area contributed by atoms with E-state index in [0.29, 0.717) is 16.8 Å². The lowest BCUT2D eigenvalue weighted by molar-refractivity contribution is -0.123. The number of nitrogens with zero attached hydrogens (tertiary/aromatic N) is 1. The number of fused-ring (bicyclic) bond motifs is 3. The van der Waals surface area contributed by atoms with Gasteiger partial charge in [-0.3, -0.25) is 24.5 Å². The molecule has 0 aromatic heterocycles. The molecule has 27 heavy (non-hydrogen) atoms. The number of rotatable bonds is 1. The maximum absolute atomic E-state index is 13.3. The lowest BCUT2D eigenvalue weighted by atomic mass is 9.77. The summed E-state index contributed by atoms with van der Waals surface area (Å²) in [5.41, 5.74) is -0.619. The Bertz CT molecular complexity index is 994. The molecular weight excluding hydrogens is 344 g/mol. The second-order valence-corrected chi connectivity index (χ2v) is 7.30. The first-order valence-electron chi connectivity index (χ1n) is 8.87. The maximum atomic E-state index is 13.3. The standard InChI is InChI=1S/C21H16N2O4/c1-11-15-16(20(27)23(19(15)26)12-7-3-2-4-8-12)21(22-11)17(24)13-9-5-6-10-14(13)18(21)25/h2-11,15-16,22H,1H3/t11-,15-,16-/m0/s1. The molecule has 2 aliphatic heterocycles. The number of amides is 2. The molecule has 1 aliphatic carbocycles. The zero-order valence-corrected chi connectivity index (χ0v) is 14.5. The molecule has 2 saturated heterocycles. The van der Waals surface area contributed by atoms with Crippen LogP contribution in [0.3, 0.4) is 0 Å². The van der Waals surface area contributed by atoms with Gasteiger partial charge in [0.25, 0.3) is 0 Å². The first-order chi connectivity index (χ1) is 13.0. The van der Waals surface area contributed by atoms with Crippen LogP contribution in [-0.4, -0.2) is 35.0 Å². The van der Waals surface area contributed by atoms with Gasteiger partial charge in [0.1, 0.15) is 0 Å². The summed E-state index contributed by atoms with van der Waals surface area (Å²) in [4.78, 5) is 54.0. The summed E-state index contributed by atoms with van der Waals surface area (Å²) in [6.45, 7) is 1.75. The van der Waals surface area contributed by atoms with E-state index in [0.717, 1.165) is 4.90 Å². The fraction of sp³-hybridized carbons (Fsp3) is 0.238. The molecule has 1 spiro atoms. The van der Waals surface area contributed by atoms with Gasteiger partial charge < -0.3 is 0 Å². The Hall–Kier alpha value is -3.12. The average molecular weight is 360 g/mol. The molecule has 2 amide bonds. The van der Waals surface area contributed by atoms with E-state index in [-0.39, 0.29) is 5.91 Å². The van der Waals surface area contributed by atoms with Crippen LogP contribution in [0.2, 0.25) is 0 Å². The Balaban J connectivity index is 1.67. The quantitative estimate of drug-likeness (QED) is 0.617. The molecular formula is C21H16N2O4. The van der Waals surface area contributed by atoms with Gasteiger partial charge in [0.2, 0.25) is 11.8 Å². The normalized spacial score (nSPS) is 28.2. The van der Waals surface area contributed by atoms with E-state index in [1.807, 2.05) is 0 Å². The van der Waals surface area contributed by atoms with Crippen molar-refractivity contribution in [3.05, 3.63) is 65.7 Å². The second kappa shape index (κ2) is 5.20. The van der Waals surface area contributed by atoms with Crippen molar-refractivity contribution in [1.82, 2.24) is 5.32 Å². The monoisotopic (exact) mass is 360 g/mol. The Morgan fingerprint density at radius 2 is 1.37 bits per heavy atom. The number of nitrogens with one attached hydrogen (secondary N) is 1. The van der Waals surface area contributed by atoms with Crippen LogP contribution in [-0.2, 0) is 9.59 Å². The fourth-order valence-corrected chi connectivity index (χ4v) is 4.84. The van der Waals surface area contributed by atoms with Crippen molar-refractivity contribution in [1.29, 1.82) is 0 Å². The zero-order valence-electron chi connectivity index (χ0n) is 14.5. The molecule has 0 radical (unpaired) electrons. The predicted molar refractivity (Wildman–Crippen MR) is 96.3 cm³/mol. The van der Waals surface area contributed by atoms with Gasteiger partial charge in [0.15, 0.2) is 17.1 Å². The summed E-state index contributed by atoms with van der Waals surface area (Å²) in [6.07, 6.45) is 0. The molecule has 2 heterocycles. The molecule has 5 rings (SSSR count). The number of hydrogen-bond acceptors (Lipinski definition) is 5. The van der Waals surface area contributed by atoms with Crippen LogP contribution in [0.25, 0.3) is 0 Å². The molecule has 3 atom stereocenters. The number of ketones is 2. The van der Waals surface area contributed by atoms with Gasteiger partial charge in [-0.1, -0.05) is 42.5 Å². The Morgan fingerprint density at radius 3 is 1.96 bits per heavy atom. The number of hydrogen-bond donors (Lipinski definition) is 1. The van der Waals surface area contributed by atoms with Gasteiger partial charge in [-0.25, -0.2) is 4.90 Å². The van der Waals surface area contributed by atoms with E-state index in [1.54, 1.807) is 61.5 Å². The lowest BCUT2D eigenvalue weighted by Gasteiger charge is -2.27. The highest BCUT2D eigenvalue weighted by Crippen LogP contribution is 2.49. The molecule has 3 aliphatic rings. The summed E-state index contributed by atoms with van der Waals surface area (Å²) in [6, 6.07) is 14.7. The summed E-state index contributed by atoms with van der Waals surface area (Å²) < 4.78 is 0. The summed E-state index contributed by atoms with van der Waals surface area (Å²) in [5.74, 6) is -3.49.